The molecule has 4 heterocycles. The molecule has 1 fully saturated rings. The number of ether oxygens (including phenoxy) is 1. The van der Waals surface area contributed by atoms with E-state index < -0.39 is 0 Å². The fourth-order valence-corrected chi connectivity index (χ4v) is 2.94. The minimum Gasteiger partial charge on any atom is -0.460 e. The molecule has 3 aromatic rings. The van der Waals surface area contributed by atoms with E-state index in [2.05, 4.69) is 24.9 Å². The first kappa shape index (κ1) is 16.2. The van der Waals surface area contributed by atoms with Gasteiger partial charge in [0.15, 0.2) is 0 Å². The zero-order valence-electron chi connectivity index (χ0n) is 14.1. The highest BCUT2D eigenvalue weighted by Gasteiger charge is 2.25. The number of hydrogen-bond acceptors (Lipinski definition) is 6. The predicted octanol–water partition coefficient (Wildman–Crippen LogP) is 1.95. The first-order valence-corrected chi connectivity index (χ1v) is 8.46. The highest BCUT2D eigenvalue weighted by Crippen LogP contribution is 2.20. The molecule has 1 aliphatic heterocycles. The van der Waals surface area contributed by atoms with Crippen molar-refractivity contribution >= 4 is 5.91 Å². The van der Waals surface area contributed by atoms with Crippen LogP contribution in [-0.2, 0) is 0 Å². The van der Waals surface area contributed by atoms with Crippen LogP contribution in [0.1, 0.15) is 23.3 Å². The fraction of sp³-hybridized carbons (Fsp3) is 0.278. The van der Waals surface area contributed by atoms with E-state index in [1.807, 2.05) is 12.1 Å². The smallest absolute Gasteiger partial charge is 0.316 e. The van der Waals surface area contributed by atoms with Gasteiger partial charge in [0.2, 0.25) is 0 Å². The SMILES string of the molecule is O=C(c1cnc[nH]1)N1CCC(Oc2ncc(-c3ccncc3)cn2)CC1. The van der Waals surface area contributed by atoms with Crippen LogP contribution < -0.4 is 4.74 Å². The second kappa shape index (κ2) is 7.30. The molecule has 0 aliphatic carbocycles. The van der Waals surface area contributed by atoms with E-state index >= 15 is 0 Å². The van der Waals surface area contributed by atoms with Crippen molar-refractivity contribution in [2.24, 2.45) is 0 Å². The van der Waals surface area contributed by atoms with Gasteiger partial charge in [0.1, 0.15) is 11.8 Å². The molecular formula is C18H18N6O2. The molecule has 3 aromatic heterocycles. The van der Waals surface area contributed by atoms with Gasteiger partial charge in [-0.2, -0.15) is 0 Å². The molecule has 8 heteroatoms. The van der Waals surface area contributed by atoms with E-state index in [0.29, 0.717) is 24.8 Å². The van der Waals surface area contributed by atoms with E-state index in [4.69, 9.17) is 4.74 Å². The lowest BCUT2D eigenvalue weighted by Crippen LogP contribution is -2.42. The Hall–Kier alpha value is -3.29. The van der Waals surface area contributed by atoms with E-state index in [1.54, 1.807) is 35.9 Å². The summed E-state index contributed by atoms with van der Waals surface area (Å²) in [5.74, 6) is -0.0288. The van der Waals surface area contributed by atoms with Crippen LogP contribution in [0.2, 0.25) is 0 Å². The van der Waals surface area contributed by atoms with Crippen molar-refractivity contribution in [2.75, 3.05) is 13.1 Å². The molecule has 8 nitrogen and oxygen atoms in total. The Morgan fingerprint density at radius 3 is 2.42 bits per heavy atom. The van der Waals surface area contributed by atoms with Gasteiger partial charge in [0.05, 0.1) is 12.5 Å². The van der Waals surface area contributed by atoms with Gasteiger partial charge in [-0.05, 0) is 17.7 Å². The second-order valence-electron chi connectivity index (χ2n) is 6.06. The molecule has 0 bridgehead atoms. The Labute approximate surface area is 150 Å². The molecule has 0 atom stereocenters. The average Bonchev–Trinajstić information content (AvgIpc) is 3.24. The number of rotatable bonds is 4. The average molecular weight is 350 g/mol. The summed E-state index contributed by atoms with van der Waals surface area (Å²) in [6.45, 7) is 1.27. The van der Waals surface area contributed by atoms with E-state index in [9.17, 15) is 4.79 Å². The van der Waals surface area contributed by atoms with Crippen LogP contribution in [0.3, 0.4) is 0 Å². The molecule has 0 unspecified atom stereocenters. The van der Waals surface area contributed by atoms with Crippen molar-refractivity contribution in [3.05, 3.63) is 55.1 Å². The number of H-pyrrole nitrogens is 1. The number of aromatic amines is 1. The molecular weight excluding hydrogens is 332 g/mol. The number of carbonyl (C=O) groups excluding carboxylic acids is 1. The van der Waals surface area contributed by atoms with Crippen LogP contribution in [0.4, 0.5) is 0 Å². The third kappa shape index (κ3) is 3.53. The van der Waals surface area contributed by atoms with Gasteiger partial charge in [0.25, 0.3) is 5.91 Å². The monoisotopic (exact) mass is 350 g/mol. The largest absolute Gasteiger partial charge is 0.460 e. The second-order valence-corrected chi connectivity index (χ2v) is 6.06. The number of pyridine rings is 1. The summed E-state index contributed by atoms with van der Waals surface area (Å²) in [6, 6.07) is 4.18. The number of nitrogens with one attached hydrogen (secondary N) is 1. The number of hydrogen-bond donors (Lipinski definition) is 1. The minimum absolute atomic E-state index is 0.00703. The summed E-state index contributed by atoms with van der Waals surface area (Å²) in [7, 11) is 0. The zero-order valence-corrected chi connectivity index (χ0v) is 14.1. The number of nitrogens with zero attached hydrogens (tertiary/aromatic N) is 5. The van der Waals surface area contributed by atoms with Crippen molar-refractivity contribution in [1.29, 1.82) is 0 Å². The molecule has 1 aliphatic rings. The number of amides is 1. The molecule has 1 saturated heterocycles. The summed E-state index contributed by atoms with van der Waals surface area (Å²) in [4.78, 5) is 33.4. The van der Waals surface area contributed by atoms with Gasteiger partial charge in [0, 0.05) is 56.3 Å². The quantitative estimate of drug-likeness (QED) is 0.772. The molecule has 1 N–H and O–H groups in total. The maximum Gasteiger partial charge on any atom is 0.316 e. The van der Waals surface area contributed by atoms with Crippen LogP contribution in [0.15, 0.2) is 49.4 Å². The van der Waals surface area contributed by atoms with E-state index in [-0.39, 0.29) is 12.0 Å². The normalized spacial score (nSPS) is 15.0. The van der Waals surface area contributed by atoms with Gasteiger partial charge in [-0.15, -0.1) is 0 Å². The number of imidazole rings is 1. The highest BCUT2D eigenvalue weighted by molar-refractivity contribution is 5.92. The van der Waals surface area contributed by atoms with Crippen molar-refractivity contribution in [1.82, 2.24) is 29.8 Å². The highest BCUT2D eigenvalue weighted by atomic mass is 16.5. The number of likely N-dealkylation sites (tertiary alicyclic amines) is 1. The fourth-order valence-electron chi connectivity index (χ4n) is 2.94. The summed E-state index contributed by atoms with van der Waals surface area (Å²) < 4.78 is 5.87. The first-order chi connectivity index (χ1) is 12.8. The third-order valence-corrected chi connectivity index (χ3v) is 4.37. The Kier molecular flexibility index (Phi) is 4.55. The lowest BCUT2D eigenvalue weighted by Gasteiger charge is -2.31. The Bertz CT molecular complexity index is 843. The summed E-state index contributed by atoms with van der Waals surface area (Å²) in [6.07, 6.45) is 11.5. The molecule has 0 spiro atoms. The van der Waals surface area contributed by atoms with Crippen LogP contribution in [-0.4, -0.2) is 54.9 Å². The van der Waals surface area contributed by atoms with Gasteiger partial charge in [-0.1, -0.05) is 0 Å². The Balaban J connectivity index is 1.32. The topological polar surface area (TPSA) is 96.9 Å². The lowest BCUT2D eigenvalue weighted by molar-refractivity contribution is 0.0574. The number of aromatic nitrogens is 5. The predicted molar refractivity (Wildman–Crippen MR) is 93.4 cm³/mol. The summed E-state index contributed by atoms with van der Waals surface area (Å²) >= 11 is 0. The Morgan fingerprint density at radius 2 is 1.77 bits per heavy atom. The molecule has 0 saturated carbocycles. The van der Waals surface area contributed by atoms with E-state index in [0.717, 1.165) is 24.0 Å². The number of carbonyl (C=O) groups is 1. The van der Waals surface area contributed by atoms with Gasteiger partial charge in [-0.3, -0.25) is 9.78 Å². The molecule has 1 amide bonds. The maximum absolute atomic E-state index is 12.3. The van der Waals surface area contributed by atoms with Crippen LogP contribution in [0.5, 0.6) is 6.01 Å². The third-order valence-electron chi connectivity index (χ3n) is 4.37. The number of piperidine rings is 1. The maximum atomic E-state index is 12.3. The van der Waals surface area contributed by atoms with E-state index in [1.165, 1.54) is 6.33 Å². The summed E-state index contributed by atoms with van der Waals surface area (Å²) in [5.41, 5.74) is 2.44. The Morgan fingerprint density at radius 1 is 1.04 bits per heavy atom. The van der Waals surface area contributed by atoms with Crippen molar-refractivity contribution < 1.29 is 9.53 Å². The van der Waals surface area contributed by atoms with Crippen LogP contribution in [0.25, 0.3) is 11.1 Å². The standard InChI is InChI=1S/C18H18N6O2/c25-17(16-11-20-12-23-16)24-7-3-15(4-8-24)26-18-21-9-14(10-22-18)13-1-5-19-6-2-13/h1-2,5-6,9-12,15H,3-4,7-8H2,(H,20,23). The minimum atomic E-state index is -0.0288. The van der Waals surface area contributed by atoms with Crippen molar-refractivity contribution in [3.63, 3.8) is 0 Å². The first-order valence-electron chi connectivity index (χ1n) is 8.46. The molecule has 0 aromatic carbocycles. The van der Waals surface area contributed by atoms with Crippen molar-refractivity contribution in [2.45, 2.75) is 18.9 Å². The van der Waals surface area contributed by atoms with Gasteiger partial charge >= 0.3 is 6.01 Å². The lowest BCUT2D eigenvalue weighted by atomic mass is 10.1. The van der Waals surface area contributed by atoms with Crippen LogP contribution >= 0.6 is 0 Å². The molecule has 4 rings (SSSR count). The molecule has 0 radical (unpaired) electrons. The van der Waals surface area contributed by atoms with Gasteiger partial charge in [-0.25, -0.2) is 15.0 Å². The van der Waals surface area contributed by atoms with Gasteiger partial charge < -0.3 is 14.6 Å². The molecule has 26 heavy (non-hydrogen) atoms. The van der Waals surface area contributed by atoms with Crippen molar-refractivity contribution in [3.8, 4) is 17.1 Å². The summed E-state index contributed by atoms with van der Waals surface area (Å²) in [5, 5.41) is 0. The molecule has 132 valence electrons. The zero-order chi connectivity index (χ0) is 17.8. The van der Waals surface area contributed by atoms with Crippen LogP contribution in [0, 0.1) is 0 Å².